The highest BCUT2D eigenvalue weighted by atomic mass is 32.2. The van der Waals surface area contributed by atoms with Crippen LogP contribution in [0.2, 0.25) is 0 Å². The maximum Gasteiger partial charge on any atom is 0.264 e. The Kier molecular flexibility index (Phi) is 2.68. The van der Waals surface area contributed by atoms with Gasteiger partial charge < -0.3 is 4.98 Å². The van der Waals surface area contributed by atoms with Gasteiger partial charge in [-0.2, -0.15) is 5.10 Å². The first-order valence-electron chi connectivity index (χ1n) is 5.69. The molecule has 0 fully saturated rings. The number of hydrogen-bond acceptors (Lipinski definition) is 5. The standard InChI is InChI=1S/C12H10N4O3S/c1-20(18,19)7-2-3-8-10(6-7)14-12(13-8)9-4-5-11(17)16-15-9/h2-6H,1H3,(H,13,14)(H,16,17). The molecule has 3 aromatic rings. The van der Waals surface area contributed by atoms with Crippen LogP contribution in [0.15, 0.2) is 40.0 Å². The van der Waals surface area contributed by atoms with Crippen LogP contribution in [0.4, 0.5) is 0 Å². The molecule has 3 rings (SSSR count). The van der Waals surface area contributed by atoms with Crippen molar-refractivity contribution in [1.29, 1.82) is 0 Å². The summed E-state index contributed by atoms with van der Waals surface area (Å²) in [5.74, 6) is 0.460. The predicted octanol–water partition coefficient (Wildman–Crippen LogP) is 0.717. The van der Waals surface area contributed by atoms with Crippen LogP contribution >= 0.6 is 0 Å². The summed E-state index contributed by atoms with van der Waals surface area (Å²) < 4.78 is 23.0. The number of rotatable bonds is 2. The lowest BCUT2D eigenvalue weighted by atomic mass is 10.3. The normalized spacial score (nSPS) is 11.8. The third kappa shape index (κ3) is 2.21. The summed E-state index contributed by atoms with van der Waals surface area (Å²) in [6, 6.07) is 7.53. The number of sulfone groups is 1. The highest BCUT2D eigenvalue weighted by molar-refractivity contribution is 7.90. The molecule has 0 saturated carbocycles. The van der Waals surface area contributed by atoms with E-state index in [1.807, 2.05) is 0 Å². The molecule has 0 radical (unpaired) electrons. The lowest BCUT2D eigenvalue weighted by Gasteiger charge is -1.96. The van der Waals surface area contributed by atoms with E-state index in [9.17, 15) is 13.2 Å². The smallest absolute Gasteiger partial charge is 0.264 e. The van der Waals surface area contributed by atoms with Gasteiger partial charge in [0.1, 0.15) is 5.69 Å². The molecule has 2 heterocycles. The molecule has 0 aliphatic rings. The van der Waals surface area contributed by atoms with Gasteiger partial charge in [0, 0.05) is 12.3 Å². The Morgan fingerprint density at radius 2 is 1.95 bits per heavy atom. The maximum absolute atomic E-state index is 11.5. The molecule has 0 aliphatic carbocycles. The van der Waals surface area contributed by atoms with Crippen LogP contribution < -0.4 is 5.56 Å². The monoisotopic (exact) mass is 290 g/mol. The first-order valence-corrected chi connectivity index (χ1v) is 7.58. The van der Waals surface area contributed by atoms with E-state index in [4.69, 9.17) is 0 Å². The van der Waals surface area contributed by atoms with Gasteiger partial charge in [-0.25, -0.2) is 18.5 Å². The lowest BCUT2D eigenvalue weighted by Crippen LogP contribution is -2.05. The zero-order chi connectivity index (χ0) is 14.3. The summed E-state index contributed by atoms with van der Waals surface area (Å²) in [4.78, 5) is 18.5. The van der Waals surface area contributed by atoms with Crippen LogP contribution in [0.1, 0.15) is 0 Å². The first kappa shape index (κ1) is 12.5. The van der Waals surface area contributed by atoms with Gasteiger partial charge in [0.15, 0.2) is 15.7 Å². The van der Waals surface area contributed by atoms with Crippen LogP contribution in [0.25, 0.3) is 22.6 Å². The second-order valence-electron chi connectivity index (χ2n) is 4.34. The summed E-state index contributed by atoms with van der Waals surface area (Å²) in [6.07, 6.45) is 1.15. The van der Waals surface area contributed by atoms with E-state index < -0.39 is 9.84 Å². The molecule has 2 aromatic heterocycles. The van der Waals surface area contributed by atoms with Crippen molar-refractivity contribution >= 4 is 20.9 Å². The van der Waals surface area contributed by atoms with Gasteiger partial charge in [0.25, 0.3) is 5.56 Å². The number of H-pyrrole nitrogens is 2. The Bertz CT molecular complexity index is 936. The molecule has 0 unspecified atom stereocenters. The zero-order valence-electron chi connectivity index (χ0n) is 10.4. The average molecular weight is 290 g/mol. The number of benzene rings is 1. The molecule has 0 aliphatic heterocycles. The van der Waals surface area contributed by atoms with E-state index in [0.717, 1.165) is 6.26 Å². The lowest BCUT2D eigenvalue weighted by molar-refractivity contribution is 0.602. The number of aromatic amines is 2. The maximum atomic E-state index is 11.5. The van der Waals surface area contributed by atoms with Gasteiger partial charge in [-0.3, -0.25) is 4.79 Å². The largest absolute Gasteiger partial charge is 0.337 e. The minimum atomic E-state index is -3.27. The van der Waals surface area contributed by atoms with Gasteiger partial charge in [0.2, 0.25) is 0 Å². The number of fused-ring (bicyclic) bond motifs is 1. The van der Waals surface area contributed by atoms with E-state index in [2.05, 4.69) is 20.2 Å². The Morgan fingerprint density at radius 1 is 1.15 bits per heavy atom. The summed E-state index contributed by atoms with van der Waals surface area (Å²) in [6.45, 7) is 0. The molecule has 1 aromatic carbocycles. The molecule has 2 N–H and O–H groups in total. The van der Waals surface area contributed by atoms with Crippen LogP contribution in [0, 0.1) is 0 Å². The highest BCUT2D eigenvalue weighted by Crippen LogP contribution is 2.20. The van der Waals surface area contributed by atoms with Crippen molar-refractivity contribution in [2.24, 2.45) is 0 Å². The molecule has 0 saturated heterocycles. The SMILES string of the molecule is CS(=O)(=O)c1ccc2nc(-c3ccc(=O)[nH]n3)[nH]c2c1. The Morgan fingerprint density at radius 3 is 2.60 bits per heavy atom. The van der Waals surface area contributed by atoms with Gasteiger partial charge in [-0.05, 0) is 24.3 Å². The Hall–Kier alpha value is -2.48. The molecular formula is C12H10N4O3S. The van der Waals surface area contributed by atoms with Gasteiger partial charge in [0.05, 0.1) is 15.9 Å². The number of imidazole rings is 1. The van der Waals surface area contributed by atoms with Crippen LogP contribution in [0.5, 0.6) is 0 Å². The molecule has 0 spiro atoms. The number of aromatic nitrogens is 4. The second-order valence-corrected chi connectivity index (χ2v) is 6.36. The summed E-state index contributed by atoms with van der Waals surface area (Å²) >= 11 is 0. The van der Waals surface area contributed by atoms with Crippen LogP contribution in [0.3, 0.4) is 0 Å². The van der Waals surface area contributed by atoms with Crippen molar-refractivity contribution in [3.63, 3.8) is 0 Å². The topological polar surface area (TPSA) is 109 Å². The van der Waals surface area contributed by atoms with E-state index in [0.29, 0.717) is 22.6 Å². The fraction of sp³-hybridized carbons (Fsp3) is 0.0833. The summed E-state index contributed by atoms with van der Waals surface area (Å²) in [5.41, 5.74) is 1.39. The Balaban J connectivity index is 2.16. The molecule has 102 valence electrons. The summed E-state index contributed by atoms with van der Waals surface area (Å²) in [5, 5.41) is 6.18. The number of hydrogen-bond donors (Lipinski definition) is 2. The fourth-order valence-electron chi connectivity index (χ4n) is 1.82. The molecule has 0 bridgehead atoms. The summed E-state index contributed by atoms with van der Waals surface area (Å²) in [7, 11) is -3.27. The second kappa shape index (κ2) is 4.27. The van der Waals surface area contributed by atoms with Crippen molar-refractivity contribution in [2.75, 3.05) is 6.26 Å². The van der Waals surface area contributed by atoms with Crippen molar-refractivity contribution < 1.29 is 8.42 Å². The van der Waals surface area contributed by atoms with E-state index in [1.54, 1.807) is 6.07 Å². The molecular weight excluding hydrogens is 280 g/mol. The van der Waals surface area contributed by atoms with Crippen LogP contribution in [-0.2, 0) is 9.84 Å². The fourth-order valence-corrected chi connectivity index (χ4v) is 2.46. The predicted molar refractivity (Wildman–Crippen MR) is 73.1 cm³/mol. The van der Waals surface area contributed by atoms with Crippen LogP contribution in [-0.4, -0.2) is 34.8 Å². The quantitative estimate of drug-likeness (QED) is 0.722. The van der Waals surface area contributed by atoms with E-state index in [1.165, 1.54) is 24.3 Å². The zero-order valence-corrected chi connectivity index (χ0v) is 11.2. The molecule has 0 atom stereocenters. The third-order valence-electron chi connectivity index (χ3n) is 2.80. The first-order chi connectivity index (χ1) is 9.43. The van der Waals surface area contributed by atoms with Crippen molar-refractivity contribution in [1.82, 2.24) is 20.2 Å². The molecule has 7 nitrogen and oxygen atoms in total. The molecule has 8 heteroatoms. The number of nitrogens with one attached hydrogen (secondary N) is 2. The van der Waals surface area contributed by atoms with Crippen molar-refractivity contribution in [2.45, 2.75) is 4.90 Å². The minimum Gasteiger partial charge on any atom is -0.337 e. The number of nitrogens with zero attached hydrogens (tertiary/aromatic N) is 2. The highest BCUT2D eigenvalue weighted by Gasteiger charge is 2.11. The van der Waals surface area contributed by atoms with Gasteiger partial charge in [-0.1, -0.05) is 0 Å². The Labute approximate surface area is 113 Å². The van der Waals surface area contributed by atoms with E-state index in [-0.39, 0.29) is 10.5 Å². The van der Waals surface area contributed by atoms with Gasteiger partial charge in [-0.15, -0.1) is 0 Å². The van der Waals surface area contributed by atoms with Crippen molar-refractivity contribution in [3.05, 3.63) is 40.7 Å². The minimum absolute atomic E-state index is 0.217. The average Bonchev–Trinajstić information content (AvgIpc) is 2.81. The van der Waals surface area contributed by atoms with Crippen molar-refractivity contribution in [3.8, 4) is 11.5 Å². The molecule has 0 amide bonds. The molecule has 20 heavy (non-hydrogen) atoms. The van der Waals surface area contributed by atoms with E-state index >= 15 is 0 Å². The third-order valence-corrected chi connectivity index (χ3v) is 3.91. The van der Waals surface area contributed by atoms with Gasteiger partial charge >= 0.3 is 0 Å².